The summed E-state index contributed by atoms with van der Waals surface area (Å²) in [4.78, 5) is 34.4. The zero-order valence-electron chi connectivity index (χ0n) is 33.6. The number of phosphoric acid groups is 1. The first-order valence-electron chi connectivity index (χ1n) is 21.5. The number of aliphatic hydroxyl groups is 2. The van der Waals surface area contributed by atoms with Gasteiger partial charge in [0.1, 0.15) is 12.2 Å². The van der Waals surface area contributed by atoms with Crippen molar-refractivity contribution in [1.82, 2.24) is 0 Å². The van der Waals surface area contributed by atoms with Crippen molar-refractivity contribution < 1.29 is 47.8 Å². The van der Waals surface area contributed by atoms with E-state index in [4.69, 9.17) is 18.5 Å². The lowest BCUT2D eigenvalue weighted by molar-refractivity contribution is -0.153. The number of phosphoric ester groups is 1. The average Bonchev–Trinajstić information content (AvgIpc) is 3.13. The van der Waals surface area contributed by atoms with Crippen LogP contribution in [0.3, 0.4) is 0 Å². The van der Waals surface area contributed by atoms with Gasteiger partial charge in [-0.3, -0.25) is 18.6 Å². The van der Waals surface area contributed by atoms with Crippen LogP contribution in [0.15, 0.2) is 0 Å². The van der Waals surface area contributed by atoms with Gasteiger partial charge < -0.3 is 24.6 Å². The molecule has 10 nitrogen and oxygen atoms in total. The first-order valence-corrected chi connectivity index (χ1v) is 23.0. The van der Waals surface area contributed by atoms with E-state index >= 15 is 0 Å². The van der Waals surface area contributed by atoms with Crippen LogP contribution in [0, 0.1) is 0 Å². The van der Waals surface area contributed by atoms with Crippen molar-refractivity contribution in [1.29, 1.82) is 0 Å². The summed E-state index contributed by atoms with van der Waals surface area (Å²) < 4.78 is 32.5. The lowest BCUT2D eigenvalue weighted by atomic mass is 10.0. The van der Waals surface area contributed by atoms with Crippen LogP contribution in [0.2, 0.25) is 0 Å². The molecule has 0 fully saturated rings. The summed E-state index contributed by atoms with van der Waals surface area (Å²) in [5.74, 6) is -1.01. The van der Waals surface area contributed by atoms with Crippen LogP contribution in [0.4, 0.5) is 0 Å². The first-order chi connectivity index (χ1) is 25.3. The van der Waals surface area contributed by atoms with E-state index in [2.05, 4.69) is 13.8 Å². The van der Waals surface area contributed by atoms with Crippen LogP contribution >= 0.6 is 7.82 Å². The van der Waals surface area contributed by atoms with E-state index in [9.17, 15) is 29.3 Å². The molecule has 0 radical (unpaired) electrons. The second-order valence-electron chi connectivity index (χ2n) is 14.7. The monoisotopic (exact) mass is 765 g/mol. The maximum Gasteiger partial charge on any atom is 0.472 e. The second-order valence-corrected chi connectivity index (χ2v) is 16.1. The number of esters is 2. The smallest absolute Gasteiger partial charge is 0.457 e. The zero-order chi connectivity index (χ0) is 38.4. The molecule has 0 aromatic heterocycles. The Morgan fingerprint density at radius 2 is 0.673 bits per heavy atom. The normalized spacial score (nSPS) is 13.9. The molecular formula is C41H81O10P. The Kier molecular flexibility index (Phi) is 37.5. The third-order valence-electron chi connectivity index (χ3n) is 9.57. The van der Waals surface area contributed by atoms with E-state index in [0.717, 1.165) is 38.5 Å². The van der Waals surface area contributed by atoms with Gasteiger partial charge in [0, 0.05) is 12.8 Å². The summed E-state index contributed by atoms with van der Waals surface area (Å²) >= 11 is 0. The molecule has 0 aromatic rings. The summed E-state index contributed by atoms with van der Waals surface area (Å²) in [6.07, 6.45) is 33.6. The van der Waals surface area contributed by atoms with Crippen LogP contribution in [-0.2, 0) is 32.7 Å². The van der Waals surface area contributed by atoms with Crippen molar-refractivity contribution in [2.45, 2.75) is 225 Å². The molecule has 0 heterocycles. The fourth-order valence-corrected chi connectivity index (χ4v) is 7.02. The van der Waals surface area contributed by atoms with Gasteiger partial charge in [-0.15, -0.1) is 0 Å². The summed E-state index contributed by atoms with van der Waals surface area (Å²) in [7, 11) is -4.62. The van der Waals surface area contributed by atoms with Crippen LogP contribution in [-0.4, -0.2) is 65.7 Å². The molecule has 310 valence electrons. The Labute approximate surface area is 318 Å². The first kappa shape index (κ1) is 51.0. The molecule has 3 unspecified atom stereocenters. The van der Waals surface area contributed by atoms with Gasteiger partial charge >= 0.3 is 19.8 Å². The Morgan fingerprint density at radius 3 is 0.904 bits per heavy atom. The minimum atomic E-state index is -4.62. The van der Waals surface area contributed by atoms with Crippen molar-refractivity contribution in [2.24, 2.45) is 0 Å². The number of ether oxygens (including phenoxy) is 2. The van der Waals surface area contributed by atoms with Gasteiger partial charge in [0.15, 0.2) is 0 Å². The fourth-order valence-electron chi connectivity index (χ4n) is 6.23. The van der Waals surface area contributed by atoms with Gasteiger partial charge in [-0.2, -0.15) is 0 Å². The van der Waals surface area contributed by atoms with Crippen LogP contribution in [0.1, 0.15) is 213 Å². The van der Waals surface area contributed by atoms with Crippen molar-refractivity contribution >= 4 is 19.8 Å². The summed E-state index contributed by atoms with van der Waals surface area (Å²) in [5.41, 5.74) is 0. The highest BCUT2D eigenvalue weighted by Crippen LogP contribution is 2.43. The van der Waals surface area contributed by atoms with Crippen molar-refractivity contribution in [3.05, 3.63) is 0 Å². The highest BCUT2D eigenvalue weighted by Gasteiger charge is 2.27. The van der Waals surface area contributed by atoms with E-state index in [0.29, 0.717) is 12.8 Å². The molecule has 0 spiro atoms. The summed E-state index contributed by atoms with van der Waals surface area (Å²) in [5, 5.41) is 19.1. The lowest BCUT2D eigenvalue weighted by Crippen LogP contribution is -2.28. The SMILES string of the molecule is CCCCCCCCCCCCCCCCCCCCC(=O)OC(CO)COP(=O)(O)OCC(CO)OC(=O)CCCCCCCCCCCCC. The third kappa shape index (κ3) is 36.0. The number of carbonyl (C=O) groups is 2. The Hall–Kier alpha value is -1.03. The van der Waals surface area contributed by atoms with Crippen LogP contribution < -0.4 is 0 Å². The number of hydrogen-bond donors (Lipinski definition) is 3. The number of carbonyl (C=O) groups excluding carboxylic acids is 2. The molecule has 3 N–H and O–H groups in total. The molecule has 0 saturated heterocycles. The molecular weight excluding hydrogens is 683 g/mol. The minimum absolute atomic E-state index is 0.198. The van der Waals surface area contributed by atoms with Gasteiger partial charge in [-0.25, -0.2) is 4.57 Å². The van der Waals surface area contributed by atoms with Gasteiger partial charge in [-0.05, 0) is 12.8 Å². The Morgan fingerprint density at radius 1 is 0.442 bits per heavy atom. The predicted octanol–water partition coefficient (Wildman–Crippen LogP) is 11.1. The molecule has 0 aliphatic carbocycles. The van der Waals surface area contributed by atoms with E-state index < -0.39 is 58.4 Å². The number of unbranched alkanes of at least 4 members (excludes halogenated alkanes) is 27. The van der Waals surface area contributed by atoms with Gasteiger partial charge in [0.05, 0.1) is 26.4 Å². The maximum absolute atomic E-state index is 12.3. The molecule has 0 rings (SSSR count). The molecule has 0 aliphatic heterocycles. The highest BCUT2D eigenvalue weighted by molar-refractivity contribution is 7.47. The lowest BCUT2D eigenvalue weighted by Gasteiger charge is -2.20. The van der Waals surface area contributed by atoms with Gasteiger partial charge in [0.25, 0.3) is 0 Å². The van der Waals surface area contributed by atoms with E-state index in [1.165, 1.54) is 135 Å². The van der Waals surface area contributed by atoms with Crippen molar-refractivity contribution in [2.75, 3.05) is 26.4 Å². The van der Waals surface area contributed by atoms with Crippen molar-refractivity contribution in [3.63, 3.8) is 0 Å². The Bertz CT molecular complexity index is 842. The molecule has 0 bridgehead atoms. The summed E-state index contributed by atoms with van der Waals surface area (Å²) in [6, 6.07) is 0. The van der Waals surface area contributed by atoms with Gasteiger partial charge in [0.2, 0.25) is 0 Å². The predicted molar refractivity (Wildman–Crippen MR) is 210 cm³/mol. The summed E-state index contributed by atoms with van der Waals surface area (Å²) in [6.45, 7) is 2.23. The number of rotatable bonds is 41. The molecule has 0 amide bonds. The van der Waals surface area contributed by atoms with E-state index in [1.54, 1.807) is 0 Å². The standard InChI is InChI=1S/C41H81O10P/c1-3-5-7-9-11-13-15-16-17-18-19-20-21-23-25-27-29-31-33-41(45)51-39(35-43)37-49-52(46,47)48-36-38(34-42)50-40(44)32-30-28-26-24-22-14-12-10-8-6-4-2/h38-39,42-43H,3-37H2,1-2H3,(H,46,47). The van der Waals surface area contributed by atoms with Crippen molar-refractivity contribution in [3.8, 4) is 0 Å². The molecule has 0 saturated carbocycles. The molecule has 11 heteroatoms. The van der Waals surface area contributed by atoms with Crippen LogP contribution in [0.25, 0.3) is 0 Å². The largest absolute Gasteiger partial charge is 0.472 e. The minimum Gasteiger partial charge on any atom is -0.457 e. The van der Waals surface area contributed by atoms with E-state index in [1.807, 2.05) is 0 Å². The highest BCUT2D eigenvalue weighted by atomic mass is 31.2. The topological polar surface area (TPSA) is 149 Å². The fraction of sp³-hybridized carbons (Fsp3) is 0.951. The van der Waals surface area contributed by atoms with E-state index in [-0.39, 0.29) is 12.8 Å². The third-order valence-corrected chi connectivity index (χ3v) is 10.5. The quantitative estimate of drug-likeness (QED) is 0.0312. The zero-order valence-corrected chi connectivity index (χ0v) is 34.4. The maximum atomic E-state index is 12.3. The molecule has 52 heavy (non-hydrogen) atoms. The second kappa shape index (κ2) is 38.3. The Balaban J connectivity index is 3.87. The molecule has 0 aliphatic rings. The van der Waals surface area contributed by atoms with Gasteiger partial charge in [-0.1, -0.05) is 187 Å². The van der Waals surface area contributed by atoms with Crippen LogP contribution in [0.5, 0.6) is 0 Å². The molecule has 0 aromatic carbocycles. The molecule has 3 atom stereocenters. The number of hydrogen-bond acceptors (Lipinski definition) is 9. The number of aliphatic hydroxyl groups excluding tert-OH is 2. The average molecular weight is 765 g/mol.